The number of Topliss-reactive ketones (excluding diaryl/α,β-unsaturated/α-hetero) is 1. The summed E-state index contributed by atoms with van der Waals surface area (Å²) in [4.78, 5) is 11.5. The van der Waals surface area contributed by atoms with E-state index in [1.54, 1.807) is 0 Å². The van der Waals surface area contributed by atoms with Crippen molar-refractivity contribution >= 4 is 11.9 Å². The fraction of sp³-hybridized carbons (Fsp3) is 0.357. The van der Waals surface area contributed by atoms with Crippen LogP contribution >= 0.6 is 0 Å². The second kappa shape index (κ2) is 4.01. The molecule has 0 aromatic heterocycles. The molecular formula is C14H16O. The van der Waals surface area contributed by atoms with Crippen molar-refractivity contribution in [1.29, 1.82) is 0 Å². The first-order valence-electron chi connectivity index (χ1n) is 5.48. The smallest absolute Gasteiger partial charge is 0.158 e. The van der Waals surface area contributed by atoms with E-state index in [0.29, 0.717) is 5.78 Å². The average Bonchev–Trinajstić information content (AvgIpc) is 2.60. The first-order valence-corrected chi connectivity index (χ1v) is 5.48. The van der Waals surface area contributed by atoms with Crippen LogP contribution < -0.4 is 0 Å². The molecular weight excluding hydrogens is 184 g/mol. The molecule has 1 aliphatic carbocycles. The lowest BCUT2D eigenvalue weighted by atomic mass is 10.0. The van der Waals surface area contributed by atoms with Gasteiger partial charge in [-0.15, -0.1) is 0 Å². The first kappa shape index (κ1) is 10.2. The van der Waals surface area contributed by atoms with Gasteiger partial charge in [0.25, 0.3) is 0 Å². The van der Waals surface area contributed by atoms with Gasteiger partial charge in [0.05, 0.1) is 0 Å². The zero-order chi connectivity index (χ0) is 10.8. The van der Waals surface area contributed by atoms with Crippen LogP contribution in [0.3, 0.4) is 0 Å². The molecule has 78 valence electrons. The summed E-state index contributed by atoms with van der Waals surface area (Å²) >= 11 is 0. The summed E-state index contributed by atoms with van der Waals surface area (Å²) < 4.78 is 0. The van der Waals surface area contributed by atoms with E-state index in [1.165, 1.54) is 16.7 Å². The number of ketones is 1. The standard InChI is InChI=1S/C14H16O/c1-10-5-3-6-12(11(10)2)9-13-7-4-8-14(13)15/h3,5-6,9H,4,7-8H2,1-2H3. The predicted molar refractivity (Wildman–Crippen MR) is 62.8 cm³/mol. The summed E-state index contributed by atoms with van der Waals surface area (Å²) in [5.74, 6) is 0.330. The maximum absolute atomic E-state index is 11.5. The third kappa shape index (κ3) is 2.01. The highest BCUT2D eigenvalue weighted by Gasteiger charge is 2.16. The number of carbonyl (C=O) groups is 1. The summed E-state index contributed by atoms with van der Waals surface area (Å²) in [6.07, 6.45) is 4.77. The SMILES string of the molecule is Cc1cccc(C=C2CCCC2=O)c1C. The Bertz CT molecular complexity index is 427. The van der Waals surface area contributed by atoms with Gasteiger partial charge in [0.2, 0.25) is 0 Å². The molecule has 0 atom stereocenters. The van der Waals surface area contributed by atoms with E-state index in [1.807, 2.05) is 6.07 Å². The first-order chi connectivity index (χ1) is 7.18. The van der Waals surface area contributed by atoms with Crippen LogP contribution in [0.2, 0.25) is 0 Å². The molecule has 0 saturated heterocycles. The molecule has 1 aromatic carbocycles. The molecule has 0 heterocycles. The molecule has 0 bridgehead atoms. The van der Waals surface area contributed by atoms with E-state index in [0.717, 1.165) is 24.8 Å². The van der Waals surface area contributed by atoms with E-state index < -0.39 is 0 Å². The Morgan fingerprint density at radius 3 is 2.67 bits per heavy atom. The number of hydrogen-bond acceptors (Lipinski definition) is 1. The van der Waals surface area contributed by atoms with Crippen molar-refractivity contribution in [2.45, 2.75) is 33.1 Å². The van der Waals surface area contributed by atoms with Crippen LogP contribution in [0.5, 0.6) is 0 Å². The lowest BCUT2D eigenvalue weighted by Crippen LogP contribution is -1.92. The number of rotatable bonds is 1. The van der Waals surface area contributed by atoms with E-state index >= 15 is 0 Å². The fourth-order valence-electron chi connectivity index (χ4n) is 2.01. The van der Waals surface area contributed by atoms with Gasteiger partial charge in [0.1, 0.15) is 0 Å². The lowest BCUT2D eigenvalue weighted by Gasteiger charge is -2.04. The molecule has 2 rings (SSSR count). The molecule has 1 fully saturated rings. The molecule has 0 unspecified atom stereocenters. The van der Waals surface area contributed by atoms with E-state index in [2.05, 4.69) is 32.1 Å². The van der Waals surface area contributed by atoms with Gasteiger partial charge in [0, 0.05) is 6.42 Å². The lowest BCUT2D eigenvalue weighted by molar-refractivity contribution is -0.114. The van der Waals surface area contributed by atoms with Gasteiger partial charge in [-0.05, 0) is 55.0 Å². The minimum atomic E-state index is 0.330. The largest absolute Gasteiger partial charge is 0.295 e. The molecule has 1 heteroatoms. The van der Waals surface area contributed by atoms with E-state index in [9.17, 15) is 4.79 Å². The summed E-state index contributed by atoms with van der Waals surface area (Å²) in [6, 6.07) is 6.24. The van der Waals surface area contributed by atoms with Gasteiger partial charge in [-0.2, -0.15) is 0 Å². The van der Waals surface area contributed by atoms with Crippen molar-refractivity contribution in [1.82, 2.24) is 0 Å². The van der Waals surface area contributed by atoms with Crippen LogP contribution in [0.15, 0.2) is 23.8 Å². The quantitative estimate of drug-likeness (QED) is 0.635. The van der Waals surface area contributed by atoms with Crippen molar-refractivity contribution in [3.63, 3.8) is 0 Å². The summed E-state index contributed by atoms with van der Waals surface area (Å²) in [5.41, 5.74) is 4.77. The van der Waals surface area contributed by atoms with Gasteiger partial charge in [0.15, 0.2) is 5.78 Å². The third-order valence-corrected chi connectivity index (χ3v) is 3.18. The van der Waals surface area contributed by atoms with Crippen LogP contribution in [0.1, 0.15) is 36.0 Å². The number of hydrogen-bond donors (Lipinski definition) is 0. The molecule has 1 aliphatic rings. The van der Waals surface area contributed by atoms with Crippen molar-refractivity contribution in [2.75, 3.05) is 0 Å². The topological polar surface area (TPSA) is 17.1 Å². The highest BCUT2D eigenvalue weighted by Crippen LogP contribution is 2.24. The van der Waals surface area contributed by atoms with Crippen LogP contribution in [-0.2, 0) is 4.79 Å². The molecule has 0 radical (unpaired) electrons. The Morgan fingerprint density at radius 1 is 1.20 bits per heavy atom. The van der Waals surface area contributed by atoms with Crippen LogP contribution in [-0.4, -0.2) is 5.78 Å². The number of carbonyl (C=O) groups excluding carboxylic acids is 1. The minimum Gasteiger partial charge on any atom is -0.295 e. The van der Waals surface area contributed by atoms with Crippen LogP contribution in [0.4, 0.5) is 0 Å². The maximum Gasteiger partial charge on any atom is 0.158 e. The second-order valence-electron chi connectivity index (χ2n) is 4.24. The molecule has 0 aliphatic heterocycles. The minimum absolute atomic E-state index is 0.330. The van der Waals surface area contributed by atoms with Crippen LogP contribution in [0.25, 0.3) is 6.08 Å². The van der Waals surface area contributed by atoms with Gasteiger partial charge < -0.3 is 0 Å². The Kier molecular flexibility index (Phi) is 2.72. The predicted octanol–water partition coefficient (Wildman–Crippen LogP) is 3.44. The Balaban J connectivity index is 2.39. The van der Waals surface area contributed by atoms with Crippen molar-refractivity contribution in [2.24, 2.45) is 0 Å². The van der Waals surface area contributed by atoms with Crippen molar-refractivity contribution in [3.8, 4) is 0 Å². The summed E-state index contributed by atoms with van der Waals surface area (Å²) in [5, 5.41) is 0. The summed E-state index contributed by atoms with van der Waals surface area (Å²) in [7, 11) is 0. The molecule has 0 amide bonds. The Hall–Kier alpha value is -1.37. The second-order valence-corrected chi connectivity index (χ2v) is 4.24. The fourth-order valence-corrected chi connectivity index (χ4v) is 2.01. The van der Waals surface area contributed by atoms with E-state index in [-0.39, 0.29) is 0 Å². The summed E-state index contributed by atoms with van der Waals surface area (Å²) in [6.45, 7) is 4.22. The zero-order valence-corrected chi connectivity index (χ0v) is 9.34. The Morgan fingerprint density at radius 2 is 2.00 bits per heavy atom. The molecule has 1 saturated carbocycles. The maximum atomic E-state index is 11.5. The van der Waals surface area contributed by atoms with Crippen molar-refractivity contribution in [3.05, 3.63) is 40.5 Å². The Labute approximate surface area is 90.8 Å². The molecule has 0 N–H and O–H groups in total. The highest BCUT2D eigenvalue weighted by molar-refractivity contribution is 6.01. The zero-order valence-electron chi connectivity index (χ0n) is 9.34. The van der Waals surface area contributed by atoms with Crippen LogP contribution in [0, 0.1) is 13.8 Å². The third-order valence-electron chi connectivity index (χ3n) is 3.18. The van der Waals surface area contributed by atoms with E-state index in [4.69, 9.17) is 0 Å². The molecule has 0 spiro atoms. The van der Waals surface area contributed by atoms with Gasteiger partial charge in [-0.3, -0.25) is 4.79 Å². The van der Waals surface area contributed by atoms with Gasteiger partial charge >= 0.3 is 0 Å². The molecule has 1 nitrogen and oxygen atoms in total. The number of benzene rings is 1. The van der Waals surface area contributed by atoms with Gasteiger partial charge in [-0.1, -0.05) is 18.2 Å². The molecule has 15 heavy (non-hydrogen) atoms. The van der Waals surface area contributed by atoms with Crippen molar-refractivity contribution < 1.29 is 4.79 Å². The molecule has 1 aromatic rings. The normalized spacial score (nSPS) is 18.8. The van der Waals surface area contributed by atoms with Gasteiger partial charge in [-0.25, -0.2) is 0 Å². The number of allylic oxidation sites excluding steroid dienone is 1. The monoisotopic (exact) mass is 200 g/mol. The highest BCUT2D eigenvalue weighted by atomic mass is 16.1. The average molecular weight is 200 g/mol. The number of aryl methyl sites for hydroxylation is 1.